The fourth-order valence-electron chi connectivity index (χ4n) is 4.58. The molecule has 2 N–H and O–H groups in total. The van der Waals surface area contributed by atoms with Crippen molar-refractivity contribution in [1.82, 2.24) is 25.6 Å². The molecule has 0 amide bonds. The predicted molar refractivity (Wildman–Crippen MR) is 127 cm³/mol. The third-order valence-corrected chi connectivity index (χ3v) is 6.35. The van der Waals surface area contributed by atoms with Gasteiger partial charge >= 0.3 is 0 Å². The summed E-state index contributed by atoms with van der Waals surface area (Å²) in [5.41, 5.74) is 10.9. The van der Waals surface area contributed by atoms with E-state index in [-0.39, 0.29) is 0 Å². The summed E-state index contributed by atoms with van der Waals surface area (Å²) in [6, 6.07) is 15.3. The van der Waals surface area contributed by atoms with Gasteiger partial charge in [-0.2, -0.15) is 0 Å². The van der Waals surface area contributed by atoms with Gasteiger partial charge in [0.05, 0.1) is 11.4 Å². The summed E-state index contributed by atoms with van der Waals surface area (Å²) in [4.78, 5) is 0. The second-order valence-corrected chi connectivity index (χ2v) is 8.38. The zero-order valence-corrected chi connectivity index (χ0v) is 18.3. The molecule has 31 heavy (non-hydrogen) atoms. The SMILES string of the molecule is Cc1cc(-n2nnc(-c3ccc(C4=CCNCC4)cc3)c2C)ccc1C1=CCNCC1. The highest BCUT2D eigenvalue weighted by molar-refractivity contribution is 5.72. The summed E-state index contributed by atoms with van der Waals surface area (Å²) in [5.74, 6) is 0. The molecule has 3 heterocycles. The van der Waals surface area contributed by atoms with Crippen molar-refractivity contribution in [2.24, 2.45) is 0 Å². The Hall–Kier alpha value is -3.02. The summed E-state index contributed by atoms with van der Waals surface area (Å²) in [6.07, 6.45) is 6.74. The molecule has 2 aliphatic heterocycles. The number of rotatable bonds is 4. The Bertz CT molecular complexity index is 1150. The molecule has 2 aliphatic rings. The van der Waals surface area contributed by atoms with Crippen LogP contribution in [0.1, 0.15) is 35.2 Å². The van der Waals surface area contributed by atoms with Gasteiger partial charge in [0.15, 0.2) is 0 Å². The molecule has 5 heteroatoms. The van der Waals surface area contributed by atoms with Crippen LogP contribution in [0.5, 0.6) is 0 Å². The lowest BCUT2D eigenvalue weighted by molar-refractivity contribution is 0.738. The molecule has 0 saturated heterocycles. The molecule has 158 valence electrons. The van der Waals surface area contributed by atoms with E-state index in [1.807, 2.05) is 4.68 Å². The van der Waals surface area contributed by atoms with Crippen LogP contribution in [0.2, 0.25) is 0 Å². The summed E-state index contributed by atoms with van der Waals surface area (Å²) in [5, 5.41) is 15.7. The molecule has 0 aliphatic carbocycles. The van der Waals surface area contributed by atoms with Gasteiger partial charge in [0.25, 0.3) is 0 Å². The minimum atomic E-state index is 0.939. The Morgan fingerprint density at radius 3 is 2.13 bits per heavy atom. The highest BCUT2D eigenvalue weighted by Crippen LogP contribution is 2.28. The van der Waals surface area contributed by atoms with Gasteiger partial charge in [0.2, 0.25) is 0 Å². The van der Waals surface area contributed by atoms with E-state index in [1.54, 1.807) is 0 Å². The smallest absolute Gasteiger partial charge is 0.116 e. The fourth-order valence-corrected chi connectivity index (χ4v) is 4.58. The van der Waals surface area contributed by atoms with Crippen molar-refractivity contribution in [1.29, 1.82) is 0 Å². The average Bonchev–Trinajstić information content (AvgIpc) is 3.21. The largest absolute Gasteiger partial charge is 0.313 e. The second-order valence-electron chi connectivity index (χ2n) is 8.38. The molecule has 1 aromatic heterocycles. The van der Waals surface area contributed by atoms with Gasteiger partial charge in [0, 0.05) is 18.7 Å². The fraction of sp³-hybridized carbons (Fsp3) is 0.308. The van der Waals surface area contributed by atoms with Crippen molar-refractivity contribution in [3.05, 3.63) is 77.0 Å². The van der Waals surface area contributed by atoms with Gasteiger partial charge in [-0.15, -0.1) is 5.10 Å². The van der Waals surface area contributed by atoms with Crippen LogP contribution in [0.25, 0.3) is 28.1 Å². The van der Waals surface area contributed by atoms with E-state index in [2.05, 4.69) is 89.4 Å². The molecule has 5 nitrogen and oxygen atoms in total. The van der Waals surface area contributed by atoms with Gasteiger partial charge in [0.1, 0.15) is 5.69 Å². The average molecular weight is 412 g/mol. The lowest BCUT2D eigenvalue weighted by Gasteiger charge is -2.17. The first-order valence-electron chi connectivity index (χ1n) is 11.1. The lowest BCUT2D eigenvalue weighted by atomic mass is 9.95. The molecule has 0 bridgehead atoms. The Morgan fingerprint density at radius 1 is 0.806 bits per heavy atom. The first kappa shape index (κ1) is 19.9. The minimum absolute atomic E-state index is 0.939. The van der Waals surface area contributed by atoms with Crippen LogP contribution < -0.4 is 10.6 Å². The number of nitrogens with one attached hydrogen (secondary N) is 2. The van der Waals surface area contributed by atoms with Crippen molar-refractivity contribution in [3.8, 4) is 16.9 Å². The van der Waals surface area contributed by atoms with Crippen molar-refractivity contribution in [2.45, 2.75) is 26.7 Å². The Morgan fingerprint density at radius 2 is 1.48 bits per heavy atom. The Labute approximate surface area is 183 Å². The van der Waals surface area contributed by atoms with E-state index in [0.29, 0.717) is 0 Å². The molecule has 2 aromatic carbocycles. The zero-order valence-electron chi connectivity index (χ0n) is 18.3. The third-order valence-electron chi connectivity index (χ3n) is 6.35. The molecular weight excluding hydrogens is 382 g/mol. The molecule has 5 rings (SSSR count). The van der Waals surface area contributed by atoms with Gasteiger partial charge < -0.3 is 10.6 Å². The third kappa shape index (κ3) is 3.99. The van der Waals surface area contributed by atoms with Crippen LogP contribution in [-0.2, 0) is 0 Å². The summed E-state index contributed by atoms with van der Waals surface area (Å²) in [6.45, 7) is 8.28. The monoisotopic (exact) mass is 411 g/mol. The van der Waals surface area contributed by atoms with Crippen molar-refractivity contribution in [3.63, 3.8) is 0 Å². The first-order chi connectivity index (χ1) is 15.2. The van der Waals surface area contributed by atoms with E-state index < -0.39 is 0 Å². The summed E-state index contributed by atoms with van der Waals surface area (Å²) in [7, 11) is 0. The number of benzene rings is 2. The maximum atomic E-state index is 4.52. The first-order valence-corrected chi connectivity index (χ1v) is 11.1. The van der Waals surface area contributed by atoms with Gasteiger partial charge in [-0.05, 0) is 79.7 Å². The van der Waals surface area contributed by atoms with Gasteiger partial charge in [-0.25, -0.2) is 4.68 Å². The van der Waals surface area contributed by atoms with Crippen LogP contribution in [0.4, 0.5) is 0 Å². The lowest BCUT2D eigenvalue weighted by Crippen LogP contribution is -2.20. The standard InChI is InChI=1S/C26H29N5/c1-18-17-24(7-8-25(18)22-11-15-28-16-12-22)31-19(2)26(29-30-31)23-5-3-20(4-6-23)21-9-13-27-14-10-21/h3-9,11,17,27-28H,10,12-16H2,1-2H3. The summed E-state index contributed by atoms with van der Waals surface area (Å²) < 4.78 is 1.95. The van der Waals surface area contributed by atoms with Crippen molar-refractivity contribution >= 4 is 11.1 Å². The van der Waals surface area contributed by atoms with Crippen LogP contribution in [-0.4, -0.2) is 41.2 Å². The molecular formula is C26H29N5. The van der Waals surface area contributed by atoms with Gasteiger partial charge in [-0.1, -0.05) is 47.7 Å². The zero-order chi connectivity index (χ0) is 21.2. The molecule has 0 fully saturated rings. The van der Waals surface area contributed by atoms with Crippen molar-refractivity contribution < 1.29 is 0 Å². The van der Waals surface area contributed by atoms with E-state index in [1.165, 1.54) is 27.8 Å². The van der Waals surface area contributed by atoms with Gasteiger partial charge in [-0.3, -0.25) is 0 Å². The second kappa shape index (κ2) is 8.61. The number of hydrogen-bond donors (Lipinski definition) is 2. The highest BCUT2D eigenvalue weighted by Gasteiger charge is 2.15. The predicted octanol–water partition coefficient (Wildman–Crippen LogP) is 4.30. The van der Waals surface area contributed by atoms with Crippen LogP contribution >= 0.6 is 0 Å². The maximum Gasteiger partial charge on any atom is 0.116 e. The minimum Gasteiger partial charge on any atom is -0.313 e. The molecule has 0 radical (unpaired) electrons. The number of aryl methyl sites for hydroxylation is 1. The van der Waals surface area contributed by atoms with E-state index in [0.717, 1.165) is 61.7 Å². The van der Waals surface area contributed by atoms with E-state index >= 15 is 0 Å². The molecule has 0 spiro atoms. The van der Waals surface area contributed by atoms with Crippen LogP contribution in [0.3, 0.4) is 0 Å². The normalized spacial score (nSPS) is 16.7. The topological polar surface area (TPSA) is 54.8 Å². The Balaban J connectivity index is 1.42. The molecule has 3 aromatic rings. The maximum absolute atomic E-state index is 4.52. The molecule has 0 atom stereocenters. The van der Waals surface area contributed by atoms with Crippen LogP contribution in [0.15, 0.2) is 54.6 Å². The highest BCUT2D eigenvalue weighted by atomic mass is 15.4. The molecule has 0 unspecified atom stereocenters. The summed E-state index contributed by atoms with van der Waals surface area (Å²) >= 11 is 0. The molecule has 0 saturated carbocycles. The van der Waals surface area contributed by atoms with Crippen LogP contribution in [0, 0.1) is 13.8 Å². The quantitative estimate of drug-likeness (QED) is 0.672. The van der Waals surface area contributed by atoms with Crippen molar-refractivity contribution in [2.75, 3.05) is 26.2 Å². The van der Waals surface area contributed by atoms with E-state index in [9.17, 15) is 0 Å². The number of aromatic nitrogens is 3. The van der Waals surface area contributed by atoms with E-state index in [4.69, 9.17) is 0 Å². The Kier molecular flexibility index (Phi) is 5.53. The number of hydrogen-bond acceptors (Lipinski definition) is 4. The number of nitrogens with zero attached hydrogens (tertiary/aromatic N) is 3.